The van der Waals surface area contributed by atoms with Crippen molar-refractivity contribution in [3.8, 4) is 5.75 Å². The minimum Gasteiger partial charge on any atom is -0.491 e. The summed E-state index contributed by atoms with van der Waals surface area (Å²) in [6.45, 7) is 5.11. The van der Waals surface area contributed by atoms with E-state index in [0.29, 0.717) is 19.6 Å². The van der Waals surface area contributed by atoms with Crippen molar-refractivity contribution in [2.45, 2.75) is 26.7 Å². The Morgan fingerprint density at radius 2 is 1.73 bits per heavy atom. The molecule has 0 unspecified atom stereocenters. The van der Waals surface area contributed by atoms with Crippen LogP contribution in [-0.4, -0.2) is 19.1 Å². The van der Waals surface area contributed by atoms with E-state index in [1.165, 1.54) is 21.9 Å². The lowest BCUT2D eigenvalue weighted by atomic mass is 10.0. The molecule has 0 saturated carbocycles. The molecule has 3 heteroatoms. The minimum atomic E-state index is 0.0579. The van der Waals surface area contributed by atoms with Crippen molar-refractivity contribution < 1.29 is 9.53 Å². The van der Waals surface area contributed by atoms with Gasteiger partial charge in [0.2, 0.25) is 5.91 Å². The maximum Gasteiger partial charge on any atom is 0.220 e. The number of benzene rings is 3. The molecule has 0 saturated heterocycles. The normalized spacial score (nSPS) is 10.7. The Morgan fingerprint density at radius 3 is 2.62 bits per heavy atom. The first-order valence-corrected chi connectivity index (χ1v) is 9.07. The number of ether oxygens (including phenoxy) is 1. The number of carbonyl (C=O) groups is 1. The SMILES string of the molecule is Cc1cccc(OCCNC(=O)CCc2cccc3ccccc23)c1C. The second-order valence-electron chi connectivity index (χ2n) is 6.53. The van der Waals surface area contributed by atoms with Crippen molar-refractivity contribution in [1.29, 1.82) is 0 Å². The van der Waals surface area contributed by atoms with Crippen molar-refractivity contribution in [1.82, 2.24) is 5.32 Å². The predicted molar refractivity (Wildman–Crippen MR) is 107 cm³/mol. The Kier molecular flexibility index (Phi) is 5.90. The molecule has 0 radical (unpaired) electrons. The van der Waals surface area contributed by atoms with Gasteiger partial charge in [0.05, 0.1) is 6.54 Å². The van der Waals surface area contributed by atoms with Crippen LogP contribution in [0.2, 0.25) is 0 Å². The average molecular weight is 347 g/mol. The molecule has 0 bridgehead atoms. The van der Waals surface area contributed by atoms with Gasteiger partial charge >= 0.3 is 0 Å². The lowest BCUT2D eigenvalue weighted by Crippen LogP contribution is -2.28. The van der Waals surface area contributed by atoms with Crippen LogP contribution >= 0.6 is 0 Å². The van der Waals surface area contributed by atoms with E-state index in [9.17, 15) is 4.79 Å². The third-order valence-corrected chi connectivity index (χ3v) is 4.74. The third-order valence-electron chi connectivity index (χ3n) is 4.74. The lowest BCUT2D eigenvalue weighted by molar-refractivity contribution is -0.121. The summed E-state index contributed by atoms with van der Waals surface area (Å²) in [6.07, 6.45) is 1.22. The van der Waals surface area contributed by atoms with Crippen LogP contribution in [-0.2, 0) is 11.2 Å². The zero-order chi connectivity index (χ0) is 18.4. The Hall–Kier alpha value is -2.81. The van der Waals surface area contributed by atoms with Crippen LogP contribution in [0.3, 0.4) is 0 Å². The topological polar surface area (TPSA) is 38.3 Å². The van der Waals surface area contributed by atoms with Gasteiger partial charge in [-0.15, -0.1) is 0 Å². The van der Waals surface area contributed by atoms with Gasteiger partial charge in [-0.2, -0.15) is 0 Å². The standard InChI is InChI=1S/C23H25NO2/c1-17-7-5-12-22(18(17)2)26-16-15-24-23(25)14-13-20-10-6-9-19-8-3-4-11-21(19)20/h3-12H,13-16H2,1-2H3,(H,24,25). The molecule has 0 aliphatic carbocycles. The maximum atomic E-state index is 12.1. The molecule has 0 heterocycles. The lowest BCUT2D eigenvalue weighted by Gasteiger charge is -2.11. The van der Waals surface area contributed by atoms with Crippen LogP contribution in [0.4, 0.5) is 0 Å². The number of rotatable bonds is 7. The molecule has 1 amide bonds. The second-order valence-corrected chi connectivity index (χ2v) is 6.53. The number of hydrogen-bond acceptors (Lipinski definition) is 2. The monoisotopic (exact) mass is 347 g/mol. The number of aryl methyl sites for hydroxylation is 2. The van der Waals surface area contributed by atoms with E-state index in [4.69, 9.17) is 4.74 Å². The number of hydrogen-bond donors (Lipinski definition) is 1. The molecular formula is C23H25NO2. The molecule has 3 aromatic rings. The number of nitrogens with one attached hydrogen (secondary N) is 1. The van der Waals surface area contributed by atoms with E-state index in [1.54, 1.807) is 0 Å². The molecule has 0 aromatic heterocycles. The van der Waals surface area contributed by atoms with E-state index in [1.807, 2.05) is 37.3 Å². The summed E-state index contributed by atoms with van der Waals surface area (Å²) in [4.78, 5) is 12.1. The van der Waals surface area contributed by atoms with E-state index in [-0.39, 0.29) is 5.91 Å². The average Bonchev–Trinajstić information content (AvgIpc) is 2.66. The second kappa shape index (κ2) is 8.52. The van der Waals surface area contributed by atoms with Gasteiger partial charge in [-0.05, 0) is 53.8 Å². The van der Waals surface area contributed by atoms with Crippen LogP contribution in [0, 0.1) is 13.8 Å². The molecule has 0 aliphatic heterocycles. The van der Waals surface area contributed by atoms with Crippen LogP contribution in [0.1, 0.15) is 23.1 Å². The van der Waals surface area contributed by atoms with Gasteiger partial charge in [-0.3, -0.25) is 4.79 Å². The molecule has 26 heavy (non-hydrogen) atoms. The highest BCUT2D eigenvalue weighted by Crippen LogP contribution is 2.21. The summed E-state index contributed by atoms with van der Waals surface area (Å²) in [6, 6.07) is 20.5. The first-order chi connectivity index (χ1) is 12.6. The van der Waals surface area contributed by atoms with Crippen molar-refractivity contribution in [2.24, 2.45) is 0 Å². The van der Waals surface area contributed by atoms with Gasteiger partial charge in [0.1, 0.15) is 12.4 Å². The zero-order valence-electron chi connectivity index (χ0n) is 15.4. The molecule has 0 fully saturated rings. The van der Waals surface area contributed by atoms with Crippen LogP contribution < -0.4 is 10.1 Å². The molecule has 0 spiro atoms. The largest absolute Gasteiger partial charge is 0.491 e. The fraction of sp³-hybridized carbons (Fsp3) is 0.261. The summed E-state index contributed by atoms with van der Waals surface area (Å²) in [5.74, 6) is 0.942. The van der Waals surface area contributed by atoms with E-state index < -0.39 is 0 Å². The van der Waals surface area contributed by atoms with Crippen LogP contribution in [0.5, 0.6) is 5.75 Å². The number of fused-ring (bicyclic) bond motifs is 1. The van der Waals surface area contributed by atoms with Crippen molar-refractivity contribution in [2.75, 3.05) is 13.2 Å². The van der Waals surface area contributed by atoms with Gasteiger partial charge < -0.3 is 10.1 Å². The van der Waals surface area contributed by atoms with Crippen molar-refractivity contribution >= 4 is 16.7 Å². The van der Waals surface area contributed by atoms with Crippen molar-refractivity contribution in [3.05, 3.63) is 77.4 Å². The highest BCUT2D eigenvalue weighted by Gasteiger charge is 2.06. The Balaban J connectivity index is 1.45. The van der Waals surface area contributed by atoms with Gasteiger partial charge in [0, 0.05) is 6.42 Å². The molecule has 3 nitrogen and oxygen atoms in total. The maximum absolute atomic E-state index is 12.1. The van der Waals surface area contributed by atoms with Crippen LogP contribution in [0.15, 0.2) is 60.7 Å². The summed E-state index contributed by atoms with van der Waals surface area (Å²) in [5.41, 5.74) is 3.57. The molecule has 3 rings (SSSR count). The van der Waals surface area contributed by atoms with Gasteiger partial charge in [-0.25, -0.2) is 0 Å². The smallest absolute Gasteiger partial charge is 0.220 e. The predicted octanol–water partition coefficient (Wildman–Crippen LogP) is 4.58. The number of carbonyl (C=O) groups excluding carboxylic acids is 1. The van der Waals surface area contributed by atoms with Crippen molar-refractivity contribution in [3.63, 3.8) is 0 Å². The highest BCUT2D eigenvalue weighted by atomic mass is 16.5. The molecule has 0 atom stereocenters. The van der Waals surface area contributed by atoms with Gasteiger partial charge in [0.25, 0.3) is 0 Å². The fourth-order valence-corrected chi connectivity index (χ4v) is 3.08. The van der Waals surface area contributed by atoms with Gasteiger partial charge in [-0.1, -0.05) is 54.6 Å². The molecule has 1 N–H and O–H groups in total. The van der Waals surface area contributed by atoms with E-state index >= 15 is 0 Å². The first-order valence-electron chi connectivity index (χ1n) is 9.07. The summed E-state index contributed by atoms with van der Waals surface area (Å²) < 4.78 is 5.77. The Morgan fingerprint density at radius 1 is 0.962 bits per heavy atom. The number of amides is 1. The Bertz CT molecular complexity index is 896. The fourth-order valence-electron chi connectivity index (χ4n) is 3.08. The molecule has 134 valence electrons. The molecule has 0 aliphatic rings. The third kappa shape index (κ3) is 4.42. The van der Waals surface area contributed by atoms with E-state index in [0.717, 1.165) is 17.7 Å². The molecule has 3 aromatic carbocycles. The quantitative estimate of drug-likeness (QED) is 0.635. The van der Waals surface area contributed by atoms with E-state index in [2.05, 4.69) is 42.6 Å². The highest BCUT2D eigenvalue weighted by molar-refractivity contribution is 5.86. The first kappa shape index (κ1) is 18.0. The summed E-state index contributed by atoms with van der Waals surface area (Å²) >= 11 is 0. The van der Waals surface area contributed by atoms with Gasteiger partial charge in [0.15, 0.2) is 0 Å². The summed E-state index contributed by atoms with van der Waals surface area (Å²) in [7, 11) is 0. The summed E-state index contributed by atoms with van der Waals surface area (Å²) in [5, 5.41) is 5.38. The van der Waals surface area contributed by atoms with Crippen LogP contribution in [0.25, 0.3) is 10.8 Å². The molecular weight excluding hydrogens is 322 g/mol. The minimum absolute atomic E-state index is 0.0579. The Labute approximate surface area is 155 Å². The zero-order valence-corrected chi connectivity index (χ0v) is 15.4.